The van der Waals surface area contributed by atoms with Gasteiger partial charge in [-0.2, -0.15) is 5.10 Å². The van der Waals surface area contributed by atoms with Crippen molar-refractivity contribution >= 4 is 11.0 Å². The van der Waals surface area contributed by atoms with Gasteiger partial charge < -0.3 is 10.6 Å². The molecular formula is C29H35N7. The van der Waals surface area contributed by atoms with Gasteiger partial charge in [-0.25, -0.2) is 14.6 Å². The SMILES string of the molecule is CN1CCN(C2CCC(n3nc(-c4ccc(C(N)c5ccccc5)cc4)c4cncnc43)CC2)CC1. The average Bonchev–Trinajstić information content (AvgIpc) is 3.33. The van der Waals surface area contributed by atoms with Crippen LogP contribution in [0.5, 0.6) is 0 Å². The van der Waals surface area contributed by atoms with Gasteiger partial charge in [-0.05, 0) is 43.9 Å². The van der Waals surface area contributed by atoms with Crippen LogP contribution in [0.1, 0.15) is 48.9 Å². The smallest absolute Gasteiger partial charge is 0.162 e. The fourth-order valence-electron chi connectivity index (χ4n) is 5.91. The quantitative estimate of drug-likeness (QED) is 0.459. The fraction of sp³-hybridized carbons (Fsp3) is 0.414. The molecule has 2 aliphatic rings. The predicted octanol–water partition coefficient (Wildman–Crippen LogP) is 4.27. The number of nitrogens with zero attached hydrogens (tertiary/aromatic N) is 6. The monoisotopic (exact) mass is 481 g/mol. The van der Waals surface area contributed by atoms with Crippen molar-refractivity contribution in [3.63, 3.8) is 0 Å². The van der Waals surface area contributed by atoms with E-state index < -0.39 is 0 Å². The average molecular weight is 482 g/mol. The number of nitrogens with two attached hydrogens (primary N) is 1. The molecule has 7 nitrogen and oxygen atoms in total. The van der Waals surface area contributed by atoms with E-state index in [9.17, 15) is 0 Å². The summed E-state index contributed by atoms with van der Waals surface area (Å²) in [5.74, 6) is 0. The van der Waals surface area contributed by atoms with Crippen molar-refractivity contribution in [3.8, 4) is 11.3 Å². The molecule has 4 aromatic rings. The second-order valence-electron chi connectivity index (χ2n) is 10.4. The molecule has 0 spiro atoms. The van der Waals surface area contributed by atoms with Crippen LogP contribution in [0, 0.1) is 0 Å². The van der Waals surface area contributed by atoms with E-state index in [1.807, 2.05) is 24.4 Å². The van der Waals surface area contributed by atoms with Crippen LogP contribution in [0.3, 0.4) is 0 Å². The molecule has 0 amide bonds. The number of aromatic nitrogens is 4. The Morgan fingerprint density at radius 3 is 2.22 bits per heavy atom. The molecule has 1 atom stereocenters. The standard InChI is InChI=1S/C29H35N7/c1-34-15-17-35(18-16-34)24-11-13-25(14-12-24)36-29-26(19-31-20-32-29)28(33-36)23-9-7-22(8-10-23)27(30)21-5-3-2-4-6-21/h2-10,19-20,24-25,27H,11-18,30H2,1H3. The largest absolute Gasteiger partial charge is 0.320 e. The van der Waals surface area contributed by atoms with Gasteiger partial charge in [0.05, 0.1) is 17.5 Å². The van der Waals surface area contributed by atoms with Crippen molar-refractivity contribution in [1.29, 1.82) is 0 Å². The van der Waals surface area contributed by atoms with E-state index in [0.717, 1.165) is 46.3 Å². The first-order valence-corrected chi connectivity index (χ1v) is 13.2. The molecule has 0 bridgehead atoms. The summed E-state index contributed by atoms with van der Waals surface area (Å²) in [6.45, 7) is 4.74. The molecule has 186 valence electrons. The summed E-state index contributed by atoms with van der Waals surface area (Å²) in [6, 6.07) is 19.6. The molecule has 7 heteroatoms. The molecule has 2 N–H and O–H groups in total. The second-order valence-corrected chi connectivity index (χ2v) is 10.4. The fourth-order valence-corrected chi connectivity index (χ4v) is 5.91. The van der Waals surface area contributed by atoms with Crippen LogP contribution in [0.25, 0.3) is 22.3 Å². The highest BCUT2D eigenvalue weighted by Gasteiger charge is 2.30. The van der Waals surface area contributed by atoms with Gasteiger partial charge in [0.1, 0.15) is 12.0 Å². The topological polar surface area (TPSA) is 76.1 Å². The first-order valence-electron chi connectivity index (χ1n) is 13.2. The van der Waals surface area contributed by atoms with E-state index in [1.54, 1.807) is 6.33 Å². The molecule has 2 aromatic heterocycles. The number of piperazine rings is 1. The number of fused-ring (bicyclic) bond motifs is 1. The summed E-state index contributed by atoms with van der Waals surface area (Å²) < 4.78 is 2.18. The molecule has 3 heterocycles. The van der Waals surface area contributed by atoms with Crippen molar-refractivity contribution in [1.82, 2.24) is 29.5 Å². The van der Waals surface area contributed by atoms with E-state index in [4.69, 9.17) is 10.8 Å². The number of rotatable bonds is 5. The highest BCUT2D eigenvalue weighted by molar-refractivity contribution is 5.90. The first-order chi connectivity index (χ1) is 17.7. The van der Waals surface area contributed by atoms with Crippen LogP contribution in [0.15, 0.2) is 67.1 Å². The Morgan fingerprint density at radius 2 is 1.50 bits per heavy atom. The van der Waals surface area contributed by atoms with Gasteiger partial charge in [0.15, 0.2) is 5.65 Å². The summed E-state index contributed by atoms with van der Waals surface area (Å²) in [7, 11) is 2.22. The van der Waals surface area contributed by atoms with Gasteiger partial charge in [-0.15, -0.1) is 0 Å². The summed E-state index contributed by atoms with van der Waals surface area (Å²) in [5.41, 5.74) is 11.7. The van der Waals surface area contributed by atoms with Gasteiger partial charge in [0.25, 0.3) is 0 Å². The Labute approximate surface area is 213 Å². The lowest BCUT2D eigenvalue weighted by molar-refractivity contribution is 0.0815. The van der Waals surface area contributed by atoms with Gasteiger partial charge >= 0.3 is 0 Å². The lowest BCUT2D eigenvalue weighted by Crippen LogP contribution is -2.49. The first kappa shape index (κ1) is 23.3. The molecule has 2 fully saturated rings. The number of hydrogen-bond acceptors (Lipinski definition) is 6. The van der Waals surface area contributed by atoms with Gasteiger partial charge in [-0.1, -0.05) is 54.6 Å². The second kappa shape index (κ2) is 10.1. The van der Waals surface area contributed by atoms with Gasteiger partial charge in [0.2, 0.25) is 0 Å². The third-order valence-corrected chi connectivity index (χ3v) is 8.14. The maximum Gasteiger partial charge on any atom is 0.162 e. The number of likely N-dealkylation sites (N-methyl/N-ethyl adjacent to an activating group) is 1. The van der Waals surface area contributed by atoms with E-state index in [2.05, 4.69) is 67.9 Å². The van der Waals surface area contributed by atoms with Gasteiger partial charge in [0, 0.05) is 44.0 Å². The third-order valence-electron chi connectivity index (χ3n) is 8.14. The van der Waals surface area contributed by atoms with E-state index in [0.29, 0.717) is 12.1 Å². The van der Waals surface area contributed by atoms with E-state index in [1.165, 1.54) is 39.0 Å². The Kier molecular flexibility index (Phi) is 6.52. The van der Waals surface area contributed by atoms with Crippen LogP contribution in [0.4, 0.5) is 0 Å². The van der Waals surface area contributed by atoms with Crippen molar-refractivity contribution < 1.29 is 0 Å². The molecule has 1 saturated carbocycles. The van der Waals surface area contributed by atoms with Crippen LogP contribution >= 0.6 is 0 Å². The van der Waals surface area contributed by atoms with E-state index in [-0.39, 0.29) is 6.04 Å². The zero-order valence-electron chi connectivity index (χ0n) is 21.0. The van der Waals surface area contributed by atoms with Crippen molar-refractivity contribution in [2.45, 2.75) is 43.8 Å². The highest BCUT2D eigenvalue weighted by atomic mass is 15.3. The van der Waals surface area contributed by atoms with Crippen LogP contribution in [-0.2, 0) is 0 Å². The molecule has 1 saturated heterocycles. The molecular weight excluding hydrogens is 446 g/mol. The summed E-state index contributed by atoms with van der Waals surface area (Å²) in [4.78, 5) is 14.1. The lowest BCUT2D eigenvalue weighted by atomic mass is 9.90. The molecule has 2 aromatic carbocycles. The molecule has 1 aliphatic carbocycles. The molecule has 0 radical (unpaired) electrons. The maximum absolute atomic E-state index is 6.52. The van der Waals surface area contributed by atoms with Gasteiger partial charge in [-0.3, -0.25) is 4.90 Å². The van der Waals surface area contributed by atoms with Crippen LogP contribution < -0.4 is 5.73 Å². The minimum atomic E-state index is -0.145. The highest BCUT2D eigenvalue weighted by Crippen LogP contribution is 2.36. The Bertz CT molecular complexity index is 1280. The predicted molar refractivity (Wildman–Crippen MR) is 144 cm³/mol. The van der Waals surface area contributed by atoms with Crippen LogP contribution in [-0.4, -0.2) is 68.8 Å². The Morgan fingerprint density at radius 1 is 0.833 bits per heavy atom. The zero-order valence-corrected chi connectivity index (χ0v) is 21.0. The molecule has 1 aliphatic heterocycles. The number of hydrogen-bond donors (Lipinski definition) is 1. The minimum absolute atomic E-state index is 0.145. The molecule has 1 unspecified atom stereocenters. The normalized spacial score (nSPS) is 22.6. The van der Waals surface area contributed by atoms with Crippen molar-refractivity contribution in [2.75, 3.05) is 33.2 Å². The van der Waals surface area contributed by atoms with Crippen LogP contribution in [0.2, 0.25) is 0 Å². The van der Waals surface area contributed by atoms with E-state index >= 15 is 0 Å². The lowest BCUT2D eigenvalue weighted by Gasteiger charge is -2.41. The maximum atomic E-state index is 6.52. The Hall–Kier alpha value is -3.13. The zero-order chi connectivity index (χ0) is 24.5. The minimum Gasteiger partial charge on any atom is -0.320 e. The summed E-state index contributed by atoms with van der Waals surface area (Å²) >= 11 is 0. The number of benzene rings is 2. The third kappa shape index (κ3) is 4.54. The molecule has 36 heavy (non-hydrogen) atoms. The summed E-state index contributed by atoms with van der Waals surface area (Å²) in [5, 5.41) is 6.14. The molecule has 6 rings (SSSR count). The summed E-state index contributed by atoms with van der Waals surface area (Å²) in [6.07, 6.45) is 8.28. The van der Waals surface area contributed by atoms with Crippen molar-refractivity contribution in [2.24, 2.45) is 5.73 Å². The van der Waals surface area contributed by atoms with Crippen molar-refractivity contribution in [3.05, 3.63) is 78.2 Å². The Balaban J connectivity index is 1.22.